The third-order valence-electron chi connectivity index (χ3n) is 4.28. The molecule has 0 spiro atoms. The molecule has 2 rings (SSSR count). The van der Waals surface area contributed by atoms with E-state index in [2.05, 4.69) is 20.6 Å². The number of rotatable bonds is 7. The number of guanidine groups is 1. The van der Waals surface area contributed by atoms with Gasteiger partial charge in [-0.25, -0.2) is 9.98 Å². The number of likely N-dealkylation sites (N-methyl/N-ethyl adjacent to an activating group) is 1. The molecule has 1 aromatic carbocycles. The highest BCUT2D eigenvalue weighted by Gasteiger charge is 2.30. The number of aromatic nitrogens is 1. The van der Waals surface area contributed by atoms with Gasteiger partial charge in [0.25, 0.3) is 0 Å². The van der Waals surface area contributed by atoms with E-state index in [1.807, 2.05) is 13.8 Å². The average Bonchev–Trinajstić information content (AvgIpc) is 3.00. The van der Waals surface area contributed by atoms with Crippen molar-refractivity contribution in [2.24, 2.45) is 4.99 Å². The third kappa shape index (κ3) is 7.33. The maximum atomic E-state index is 12.9. The maximum Gasteiger partial charge on any atom is 0.416 e. The number of hydrogen-bond donors (Lipinski definition) is 2. The summed E-state index contributed by atoms with van der Waals surface area (Å²) >= 11 is 1.62. The zero-order valence-corrected chi connectivity index (χ0v) is 18.2. The average molecular weight is 442 g/mol. The molecule has 0 radical (unpaired) electrons. The lowest BCUT2D eigenvalue weighted by molar-refractivity contribution is -0.137. The van der Waals surface area contributed by atoms with Crippen molar-refractivity contribution in [2.75, 3.05) is 27.2 Å². The number of halogens is 3. The van der Waals surface area contributed by atoms with Crippen LogP contribution in [0.25, 0.3) is 0 Å². The summed E-state index contributed by atoms with van der Waals surface area (Å²) in [5.74, 6) is 0.211. The van der Waals surface area contributed by atoms with E-state index in [0.29, 0.717) is 24.5 Å². The van der Waals surface area contributed by atoms with Gasteiger partial charge in [0, 0.05) is 31.9 Å². The summed E-state index contributed by atoms with van der Waals surface area (Å²) in [7, 11) is 3.29. The Morgan fingerprint density at radius 1 is 1.23 bits per heavy atom. The van der Waals surface area contributed by atoms with Gasteiger partial charge in [-0.05, 0) is 31.5 Å². The van der Waals surface area contributed by atoms with Gasteiger partial charge < -0.3 is 15.5 Å². The summed E-state index contributed by atoms with van der Waals surface area (Å²) in [4.78, 5) is 23.3. The van der Waals surface area contributed by atoms with E-state index in [9.17, 15) is 18.0 Å². The zero-order valence-electron chi connectivity index (χ0n) is 17.4. The normalized spacial score (nSPS) is 12.0. The van der Waals surface area contributed by atoms with E-state index in [-0.39, 0.29) is 19.0 Å². The van der Waals surface area contributed by atoms with Crippen molar-refractivity contribution in [1.29, 1.82) is 0 Å². The molecule has 2 aromatic rings. The van der Waals surface area contributed by atoms with E-state index in [4.69, 9.17) is 0 Å². The zero-order chi connectivity index (χ0) is 22.3. The minimum atomic E-state index is -4.40. The van der Waals surface area contributed by atoms with E-state index in [1.165, 1.54) is 11.0 Å². The first-order valence-corrected chi connectivity index (χ1v) is 10.2. The molecular weight excluding hydrogens is 415 g/mol. The fourth-order valence-electron chi connectivity index (χ4n) is 2.44. The summed E-state index contributed by atoms with van der Waals surface area (Å²) in [5.41, 5.74) is 0.717. The number of nitrogens with zero attached hydrogens (tertiary/aromatic N) is 3. The van der Waals surface area contributed by atoms with Crippen LogP contribution in [-0.2, 0) is 23.9 Å². The van der Waals surface area contributed by atoms with E-state index >= 15 is 0 Å². The highest BCUT2D eigenvalue weighted by molar-refractivity contribution is 7.11. The van der Waals surface area contributed by atoms with Crippen LogP contribution in [0, 0.1) is 13.8 Å². The number of amides is 1. The molecule has 0 aliphatic carbocycles. The number of carbonyl (C=O) groups is 1. The van der Waals surface area contributed by atoms with Crippen molar-refractivity contribution in [2.45, 2.75) is 33.0 Å². The van der Waals surface area contributed by atoms with Crippen LogP contribution in [0.4, 0.5) is 13.2 Å². The second-order valence-corrected chi connectivity index (χ2v) is 8.22. The van der Waals surface area contributed by atoms with Gasteiger partial charge in [0.2, 0.25) is 5.91 Å². The molecule has 6 nitrogen and oxygen atoms in total. The lowest BCUT2D eigenvalue weighted by Crippen LogP contribution is -2.43. The number of aryl methyl sites for hydroxylation is 2. The Kier molecular flexibility index (Phi) is 8.22. The standard InChI is InChI=1S/C20H26F3N5OS/c1-13-14(2)30-17(27-13)8-9-24-19(26-12-18(29)28(3)4)25-11-15-6-5-7-16(10-15)20(21,22)23/h5-7,10H,8-9,11-12H2,1-4H3,(H2,24,25,26). The molecule has 1 heterocycles. The summed E-state index contributed by atoms with van der Waals surface area (Å²) in [6.45, 7) is 4.57. The predicted octanol–water partition coefficient (Wildman–Crippen LogP) is 3.14. The maximum absolute atomic E-state index is 12.9. The summed E-state index contributed by atoms with van der Waals surface area (Å²) in [6.07, 6.45) is -3.73. The van der Waals surface area contributed by atoms with Gasteiger partial charge >= 0.3 is 6.18 Å². The van der Waals surface area contributed by atoms with Gasteiger partial charge in [-0.1, -0.05) is 12.1 Å². The SMILES string of the molecule is Cc1nc(CCNC(=NCc2cccc(C(F)(F)F)c2)NCC(=O)N(C)C)sc1C. The second-order valence-electron chi connectivity index (χ2n) is 6.93. The largest absolute Gasteiger partial charge is 0.416 e. The minimum Gasteiger partial charge on any atom is -0.356 e. The molecular formula is C20H26F3N5OS. The van der Waals surface area contributed by atoms with Crippen LogP contribution in [0.15, 0.2) is 29.3 Å². The Balaban J connectivity index is 2.05. The molecule has 30 heavy (non-hydrogen) atoms. The smallest absolute Gasteiger partial charge is 0.356 e. The number of carbonyl (C=O) groups excluding carboxylic acids is 1. The molecule has 1 amide bonds. The van der Waals surface area contributed by atoms with E-state index in [0.717, 1.165) is 27.7 Å². The highest BCUT2D eigenvalue weighted by Crippen LogP contribution is 2.29. The first-order valence-electron chi connectivity index (χ1n) is 9.37. The Morgan fingerprint density at radius 2 is 1.97 bits per heavy atom. The van der Waals surface area contributed by atoms with Gasteiger partial charge in [-0.2, -0.15) is 13.2 Å². The molecule has 164 valence electrons. The van der Waals surface area contributed by atoms with Gasteiger partial charge in [0.05, 0.1) is 29.4 Å². The number of aliphatic imine (C=N–C) groups is 1. The second kappa shape index (κ2) is 10.4. The molecule has 0 unspecified atom stereocenters. The van der Waals surface area contributed by atoms with Gasteiger partial charge in [-0.15, -0.1) is 11.3 Å². The molecule has 0 aliphatic heterocycles. The van der Waals surface area contributed by atoms with Crippen LogP contribution < -0.4 is 10.6 Å². The van der Waals surface area contributed by atoms with Crippen LogP contribution in [0.1, 0.15) is 26.7 Å². The lowest BCUT2D eigenvalue weighted by Gasteiger charge is -2.15. The first kappa shape index (κ1) is 23.7. The molecule has 10 heteroatoms. The molecule has 0 bridgehead atoms. The summed E-state index contributed by atoms with van der Waals surface area (Å²) in [5, 5.41) is 7.03. The molecule has 1 aromatic heterocycles. The van der Waals surface area contributed by atoms with Crippen LogP contribution in [0.5, 0.6) is 0 Å². The van der Waals surface area contributed by atoms with Crippen LogP contribution >= 0.6 is 11.3 Å². The van der Waals surface area contributed by atoms with E-state index < -0.39 is 11.7 Å². The molecule has 0 fully saturated rings. The number of thiazole rings is 1. The number of benzene rings is 1. The Hall–Kier alpha value is -2.62. The van der Waals surface area contributed by atoms with Crippen LogP contribution in [-0.4, -0.2) is 48.9 Å². The number of alkyl halides is 3. The van der Waals surface area contributed by atoms with Crippen molar-refractivity contribution >= 4 is 23.2 Å². The van der Waals surface area contributed by atoms with E-state index in [1.54, 1.807) is 31.5 Å². The summed E-state index contributed by atoms with van der Waals surface area (Å²) in [6, 6.07) is 5.05. The van der Waals surface area contributed by atoms with Gasteiger partial charge in [-0.3, -0.25) is 4.79 Å². The molecule has 0 saturated heterocycles. The Morgan fingerprint density at radius 3 is 2.57 bits per heavy atom. The number of nitrogens with one attached hydrogen (secondary N) is 2. The van der Waals surface area contributed by atoms with Gasteiger partial charge in [0.15, 0.2) is 5.96 Å². The fraction of sp³-hybridized carbons (Fsp3) is 0.450. The third-order valence-corrected chi connectivity index (χ3v) is 5.42. The summed E-state index contributed by atoms with van der Waals surface area (Å²) < 4.78 is 38.7. The number of hydrogen-bond acceptors (Lipinski definition) is 4. The van der Waals surface area contributed by atoms with Crippen molar-refractivity contribution in [3.05, 3.63) is 51.0 Å². The highest BCUT2D eigenvalue weighted by atomic mass is 32.1. The quantitative estimate of drug-likeness (QED) is 0.512. The first-order chi connectivity index (χ1) is 14.1. The predicted molar refractivity (Wildman–Crippen MR) is 113 cm³/mol. The van der Waals surface area contributed by atoms with Crippen LogP contribution in [0.2, 0.25) is 0 Å². The molecule has 0 saturated carbocycles. The van der Waals surface area contributed by atoms with Crippen molar-refractivity contribution in [1.82, 2.24) is 20.5 Å². The fourth-order valence-corrected chi connectivity index (χ4v) is 3.38. The lowest BCUT2D eigenvalue weighted by atomic mass is 10.1. The van der Waals surface area contributed by atoms with Gasteiger partial charge in [0.1, 0.15) is 0 Å². The molecule has 2 N–H and O–H groups in total. The monoisotopic (exact) mass is 441 g/mol. The van der Waals surface area contributed by atoms with Crippen molar-refractivity contribution in [3.63, 3.8) is 0 Å². The topological polar surface area (TPSA) is 69.6 Å². The van der Waals surface area contributed by atoms with Crippen LogP contribution in [0.3, 0.4) is 0 Å². The van der Waals surface area contributed by atoms with Crippen molar-refractivity contribution in [3.8, 4) is 0 Å². The Bertz CT molecular complexity index is 873. The van der Waals surface area contributed by atoms with Crippen molar-refractivity contribution < 1.29 is 18.0 Å². The Labute approximate surface area is 178 Å². The minimum absolute atomic E-state index is 0.0247. The molecule has 0 atom stereocenters. The molecule has 0 aliphatic rings.